The number of hydrogen-bond donors (Lipinski definition) is 6. The van der Waals surface area contributed by atoms with Crippen LogP contribution in [0.15, 0.2) is 109 Å². The molecule has 0 fully saturated rings. The lowest BCUT2D eigenvalue weighted by Gasteiger charge is -2.32. The molecule has 322 valence electrons. The SMILES string of the molecule is CNC(=O)[C@@H](NC(=O)[C@H](OCc1ccc(CCc2ccccc2)cc1)[C@H](O)[C@@H](O)[C@@H](OCc1ccc(CCc2ccccc2)cc1)C(=O)N[C@H](C(=O)NC)C(C)C)C(C)C. The summed E-state index contributed by atoms with van der Waals surface area (Å²) < 4.78 is 12.1. The van der Waals surface area contributed by atoms with E-state index in [-0.39, 0.29) is 25.0 Å². The monoisotopic (exact) mass is 822 g/mol. The fourth-order valence-electron chi connectivity index (χ4n) is 6.71. The van der Waals surface area contributed by atoms with Gasteiger partial charge in [-0.1, -0.05) is 137 Å². The zero-order chi connectivity index (χ0) is 43.6. The fraction of sp³-hybridized carbons (Fsp3) is 0.417. The van der Waals surface area contributed by atoms with Gasteiger partial charge in [0, 0.05) is 14.1 Å². The molecular weight excluding hydrogens is 761 g/mol. The molecule has 12 nitrogen and oxygen atoms in total. The maximum atomic E-state index is 14.0. The standard InChI is InChI=1S/C48H62N4O8/c1-31(2)39(45(55)49-5)51-47(57)43(59-29-37-25-21-35(22-26-37)19-17-33-13-9-7-10-14-33)41(53)42(54)44(48(58)52-40(32(3)4)46(56)50-6)60-30-38-27-23-36(24-28-38)20-18-34-15-11-8-12-16-34/h7-16,21-28,31-32,39-44,53-54H,17-20,29-30H2,1-6H3,(H,49,55)(H,50,56)(H,51,57)(H,52,58)/t39-,40-,41+,42+,43+,44+/m0/s1. The van der Waals surface area contributed by atoms with Crippen molar-refractivity contribution in [3.63, 3.8) is 0 Å². The summed E-state index contributed by atoms with van der Waals surface area (Å²) in [4.78, 5) is 53.5. The normalized spacial score (nSPS) is 14.4. The van der Waals surface area contributed by atoms with Crippen molar-refractivity contribution in [2.75, 3.05) is 14.1 Å². The first-order valence-electron chi connectivity index (χ1n) is 20.7. The molecule has 0 aliphatic heterocycles. The summed E-state index contributed by atoms with van der Waals surface area (Å²) in [5, 5.41) is 34.0. The molecule has 0 radical (unpaired) electrons. The van der Waals surface area contributed by atoms with Gasteiger partial charge in [-0.05, 0) is 70.9 Å². The summed E-state index contributed by atoms with van der Waals surface area (Å²) in [6.45, 7) is 6.72. The van der Waals surface area contributed by atoms with Crippen LogP contribution in [0.4, 0.5) is 0 Å². The number of aliphatic hydroxyl groups is 2. The van der Waals surface area contributed by atoms with E-state index >= 15 is 0 Å². The van der Waals surface area contributed by atoms with E-state index in [1.54, 1.807) is 27.7 Å². The van der Waals surface area contributed by atoms with Crippen molar-refractivity contribution in [1.29, 1.82) is 0 Å². The molecule has 0 spiro atoms. The van der Waals surface area contributed by atoms with Crippen LogP contribution in [-0.2, 0) is 67.5 Å². The number of nitrogens with one attached hydrogen (secondary N) is 4. The zero-order valence-corrected chi connectivity index (χ0v) is 35.6. The quantitative estimate of drug-likeness (QED) is 0.0645. The van der Waals surface area contributed by atoms with E-state index in [0.29, 0.717) is 11.1 Å². The van der Waals surface area contributed by atoms with E-state index in [9.17, 15) is 29.4 Å². The Balaban J connectivity index is 1.56. The maximum absolute atomic E-state index is 14.0. The topological polar surface area (TPSA) is 175 Å². The predicted molar refractivity (Wildman–Crippen MR) is 231 cm³/mol. The second-order valence-corrected chi connectivity index (χ2v) is 15.7. The molecule has 0 saturated carbocycles. The minimum absolute atomic E-state index is 0.145. The summed E-state index contributed by atoms with van der Waals surface area (Å²) in [6.07, 6.45) is -4.21. The molecule has 4 amide bonds. The Morgan fingerprint density at radius 3 is 1.02 bits per heavy atom. The van der Waals surface area contributed by atoms with Crippen LogP contribution < -0.4 is 21.3 Å². The van der Waals surface area contributed by atoms with Crippen LogP contribution in [0.5, 0.6) is 0 Å². The number of carbonyl (C=O) groups is 4. The smallest absolute Gasteiger partial charge is 0.252 e. The Hall–Kier alpha value is -5.40. The lowest BCUT2D eigenvalue weighted by molar-refractivity contribution is -0.171. The largest absolute Gasteiger partial charge is 0.387 e. The van der Waals surface area contributed by atoms with Crippen LogP contribution in [0.25, 0.3) is 0 Å². The number of aliphatic hydroxyl groups excluding tert-OH is 2. The number of benzene rings is 4. The van der Waals surface area contributed by atoms with Crippen LogP contribution in [0.2, 0.25) is 0 Å². The molecule has 0 heterocycles. The van der Waals surface area contributed by atoms with Gasteiger partial charge in [-0.2, -0.15) is 0 Å². The Bertz CT molecular complexity index is 1780. The first-order chi connectivity index (χ1) is 28.8. The molecule has 4 rings (SSSR count). The molecule has 0 saturated heterocycles. The molecule has 0 aliphatic rings. The second kappa shape index (κ2) is 24.0. The van der Waals surface area contributed by atoms with E-state index in [2.05, 4.69) is 45.5 Å². The molecule has 6 N–H and O–H groups in total. The summed E-state index contributed by atoms with van der Waals surface area (Å²) in [7, 11) is 2.89. The average molecular weight is 823 g/mol. The van der Waals surface area contributed by atoms with Crippen molar-refractivity contribution in [2.45, 2.75) is 103 Å². The maximum Gasteiger partial charge on any atom is 0.252 e. The number of rotatable bonds is 23. The Morgan fingerprint density at radius 1 is 0.450 bits per heavy atom. The summed E-state index contributed by atoms with van der Waals surface area (Å²) >= 11 is 0. The van der Waals surface area contributed by atoms with Gasteiger partial charge < -0.3 is 41.0 Å². The van der Waals surface area contributed by atoms with Gasteiger partial charge in [-0.3, -0.25) is 19.2 Å². The molecule has 60 heavy (non-hydrogen) atoms. The molecule has 4 aromatic carbocycles. The van der Waals surface area contributed by atoms with Crippen LogP contribution in [0, 0.1) is 11.8 Å². The van der Waals surface area contributed by atoms with E-state index in [1.807, 2.05) is 84.9 Å². The van der Waals surface area contributed by atoms with Gasteiger partial charge in [0.05, 0.1) is 13.2 Å². The lowest BCUT2D eigenvalue weighted by atomic mass is 9.98. The molecule has 6 atom stereocenters. The highest BCUT2D eigenvalue weighted by Gasteiger charge is 2.42. The van der Waals surface area contributed by atoms with Gasteiger partial charge in [-0.25, -0.2) is 0 Å². The number of aryl methyl sites for hydroxylation is 4. The second-order valence-electron chi connectivity index (χ2n) is 15.7. The zero-order valence-electron chi connectivity index (χ0n) is 35.6. The lowest BCUT2D eigenvalue weighted by Crippen LogP contribution is -2.60. The third-order valence-corrected chi connectivity index (χ3v) is 10.5. The third-order valence-electron chi connectivity index (χ3n) is 10.5. The fourth-order valence-corrected chi connectivity index (χ4v) is 6.71. The van der Waals surface area contributed by atoms with Crippen molar-refractivity contribution in [2.24, 2.45) is 11.8 Å². The minimum atomic E-state index is -2.03. The van der Waals surface area contributed by atoms with Gasteiger partial charge >= 0.3 is 0 Å². The number of likely N-dealkylation sites (N-methyl/N-ethyl adjacent to an activating group) is 2. The number of hydrogen-bond acceptors (Lipinski definition) is 8. The van der Waals surface area contributed by atoms with E-state index in [0.717, 1.165) is 36.8 Å². The first-order valence-corrected chi connectivity index (χ1v) is 20.7. The Labute approximate surface area is 354 Å². The van der Waals surface area contributed by atoms with Crippen LogP contribution in [0.1, 0.15) is 61.1 Å². The molecular formula is C48H62N4O8. The number of amides is 4. The van der Waals surface area contributed by atoms with Gasteiger partial charge in [0.1, 0.15) is 24.3 Å². The number of carbonyl (C=O) groups excluding carboxylic acids is 4. The van der Waals surface area contributed by atoms with Crippen LogP contribution in [0.3, 0.4) is 0 Å². The molecule has 0 aromatic heterocycles. The van der Waals surface area contributed by atoms with Crippen molar-refractivity contribution in [3.05, 3.63) is 143 Å². The average Bonchev–Trinajstić information content (AvgIpc) is 3.26. The van der Waals surface area contributed by atoms with E-state index in [1.165, 1.54) is 25.2 Å². The molecule has 0 unspecified atom stereocenters. The summed E-state index contributed by atoms with van der Waals surface area (Å²) in [6, 6.07) is 33.6. The van der Waals surface area contributed by atoms with Crippen LogP contribution in [-0.4, -0.2) is 84.4 Å². The Kier molecular flexibility index (Phi) is 18.9. The first kappa shape index (κ1) is 47.3. The summed E-state index contributed by atoms with van der Waals surface area (Å²) in [5.41, 5.74) is 6.02. The highest BCUT2D eigenvalue weighted by Crippen LogP contribution is 2.19. The van der Waals surface area contributed by atoms with Crippen molar-refractivity contribution in [1.82, 2.24) is 21.3 Å². The highest BCUT2D eigenvalue weighted by molar-refractivity contribution is 5.91. The van der Waals surface area contributed by atoms with Crippen molar-refractivity contribution in [3.8, 4) is 0 Å². The van der Waals surface area contributed by atoms with Gasteiger partial charge in [-0.15, -0.1) is 0 Å². The Morgan fingerprint density at radius 2 is 0.733 bits per heavy atom. The number of ether oxygens (including phenoxy) is 2. The molecule has 0 aliphatic carbocycles. The van der Waals surface area contributed by atoms with Gasteiger partial charge in [0.25, 0.3) is 11.8 Å². The van der Waals surface area contributed by atoms with Crippen LogP contribution >= 0.6 is 0 Å². The predicted octanol–water partition coefficient (Wildman–Crippen LogP) is 4.22. The third kappa shape index (κ3) is 14.4. The minimum Gasteiger partial charge on any atom is -0.387 e. The van der Waals surface area contributed by atoms with Crippen molar-refractivity contribution >= 4 is 23.6 Å². The summed E-state index contributed by atoms with van der Waals surface area (Å²) in [5.74, 6) is -3.36. The molecule has 4 aromatic rings. The molecule has 0 bridgehead atoms. The van der Waals surface area contributed by atoms with Gasteiger partial charge in [0.2, 0.25) is 11.8 Å². The molecule has 12 heteroatoms. The highest BCUT2D eigenvalue weighted by atomic mass is 16.5. The van der Waals surface area contributed by atoms with Gasteiger partial charge in [0.15, 0.2) is 12.2 Å². The van der Waals surface area contributed by atoms with Crippen molar-refractivity contribution < 1.29 is 38.9 Å². The van der Waals surface area contributed by atoms with E-state index in [4.69, 9.17) is 9.47 Å². The van der Waals surface area contributed by atoms with E-state index < -0.39 is 60.1 Å².